The highest BCUT2D eigenvalue weighted by Crippen LogP contribution is 2.46. The van der Waals surface area contributed by atoms with E-state index in [9.17, 15) is 9.59 Å². The molecule has 1 saturated carbocycles. The third-order valence-electron chi connectivity index (χ3n) is 7.18. The second-order valence-electron chi connectivity index (χ2n) is 9.58. The number of anilines is 1. The summed E-state index contributed by atoms with van der Waals surface area (Å²) < 4.78 is 1.05. The van der Waals surface area contributed by atoms with Crippen molar-refractivity contribution in [2.24, 2.45) is 5.92 Å². The fraction of sp³-hybridized carbons (Fsp3) is 0.462. The van der Waals surface area contributed by atoms with Crippen molar-refractivity contribution in [2.75, 3.05) is 5.32 Å². The Bertz CT molecular complexity index is 1040. The van der Waals surface area contributed by atoms with Crippen molar-refractivity contribution in [3.8, 4) is 0 Å². The monoisotopic (exact) mass is 579 g/mol. The van der Waals surface area contributed by atoms with Crippen LogP contribution in [0.15, 0.2) is 42.5 Å². The quantitative estimate of drug-likeness (QED) is 0.239. The van der Waals surface area contributed by atoms with Crippen LogP contribution in [-0.4, -0.2) is 35.3 Å². The van der Waals surface area contributed by atoms with Gasteiger partial charge in [-0.05, 0) is 78.1 Å². The van der Waals surface area contributed by atoms with Gasteiger partial charge in [-0.25, -0.2) is 0 Å². The van der Waals surface area contributed by atoms with Gasteiger partial charge in [-0.2, -0.15) is 0 Å². The molecule has 3 unspecified atom stereocenters. The molecule has 0 bridgehead atoms. The first-order valence-electron chi connectivity index (χ1n) is 11.6. The van der Waals surface area contributed by atoms with Crippen molar-refractivity contribution >= 4 is 52.1 Å². The zero-order valence-corrected chi connectivity index (χ0v) is 22.2. The number of amides is 1. The lowest BCUT2D eigenvalue weighted by Gasteiger charge is -2.49. The number of rotatable bonds is 9. The van der Waals surface area contributed by atoms with Crippen LogP contribution in [0.4, 0.5) is 5.69 Å². The van der Waals surface area contributed by atoms with Crippen LogP contribution in [0.25, 0.3) is 0 Å². The van der Waals surface area contributed by atoms with Gasteiger partial charge in [0.05, 0.1) is 0 Å². The molecule has 4 rings (SSSR count). The highest BCUT2D eigenvalue weighted by molar-refractivity contribution is 14.1. The molecule has 3 atom stereocenters. The topological polar surface area (TPSA) is 61.4 Å². The molecule has 7 heteroatoms. The van der Waals surface area contributed by atoms with E-state index >= 15 is 0 Å². The molecular weight excluding hydrogens is 549 g/mol. The molecule has 1 aliphatic carbocycles. The van der Waals surface area contributed by atoms with Crippen LogP contribution < -0.4 is 10.6 Å². The van der Waals surface area contributed by atoms with Crippen molar-refractivity contribution in [2.45, 2.75) is 70.2 Å². The minimum Gasteiger partial charge on any atom is -0.324 e. The first-order chi connectivity index (χ1) is 15.8. The molecule has 2 aliphatic rings. The van der Waals surface area contributed by atoms with Crippen LogP contribution in [0, 0.1) is 9.49 Å². The molecule has 2 N–H and O–H groups in total. The standard InChI is InChI=1S/C26H31ClIN3O2/c1-16(2)17(3)31(24(15-32)29-21-8-5-9-21)26(14-18-6-4-7-19(27)12-18)22-11-10-20(28)13-23(22)30-25(26)33/h4,6-7,10-13,15-17,21,24,29H,5,8-9,14H2,1-3H3,(H,30,33). The Morgan fingerprint density at radius 1 is 1.24 bits per heavy atom. The summed E-state index contributed by atoms with van der Waals surface area (Å²) in [7, 11) is 0. The maximum Gasteiger partial charge on any atom is 0.250 e. The van der Waals surface area contributed by atoms with Crippen molar-refractivity contribution in [1.29, 1.82) is 0 Å². The molecule has 1 aliphatic heterocycles. The SMILES string of the molecule is CC(C)C(C)N(C(C=O)NC1CCC1)C1(Cc2cccc(Cl)c2)C(=O)Nc2cc(I)ccc21. The summed E-state index contributed by atoms with van der Waals surface area (Å²) >= 11 is 8.59. The van der Waals surface area contributed by atoms with Crippen LogP contribution in [0.2, 0.25) is 5.02 Å². The highest BCUT2D eigenvalue weighted by Gasteiger charge is 2.55. The third kappa shape index (κ3) is 4.72. The largest absolute Gasteiger partial charge is 0.324 e. The smallest absolute Gasteiger partial charge is 0.250 e. The van der Waals surface area contributed by atoms with E-state index in [1.54, 1.807) is 0 Å². The summed E-state index contributed by atoms with van der Waals surface area (Å²) in [6.45, 7) is 6.39. The van der Waals surface area contributed by atoms with Gasteiger partial charge >= 0.3 is 0 Å². The minimum absolute atomic E-state index is 0.0389. The molecule has 2 aromatic rings. The Morgan fingerprint density at radius 2 is 2.00 bits per heavy atom. The van der Waals surface area contributed by atoms with Crippen LogP contribution >= 0.6 is 34.2 Å². The van der Waals surface area contributed by atoms with E-state index in [4.69, 9.17) is 11.6 Å². The fourth-order valence-electron chi connectivity index (χ4n) is 4.96. The molecule has 0 aromatic heterocycles. The Kier molecular flexibility index (Phi) is 7.48. The summed E-state index contributed by atoms with van der Waals surface area (Å²) in [6, 6.07) is 14.0. The highest BCUT2D eigenvalue weighted by atomic mass is 127. The summed E-state index contributed by atoms with van der Waals surface area (Å²) in [4.78, 5) is 28.7. The van der Waals surface area contributed by atoms with Gasteiger partial charge in [0.25, 0.3) is 0 Å². The molecule has 5 nitrogen and oxygen atoms in total. The first-order valence-corrected chi connectivity index (χ1v) is 13.1. The van der Waals surface area contributed by atoms with Gasteiger partial charge in [0.1, 0.15) is 11.7 Å². The Morgan fingerprint density at radius 3 is 2.61 bits per heavy atom. The van der Waals surface area contributed by atoms with Crippen molar-refractivity contribution in [3.63, 3.8) is 0 Å². The summed E-state index contributed by atoms with van der Waals surface area (Å²) in [5, 5.41) is 7.32. The number of aldehydes is 1. The maximum atomic E-state index is 14.0. The second kappa shape index (κ2) is 10.0. The van der Waals surface area contributed by atoms with Gasteiger partial charge in [0.2, 0.25) is 5.91 Å². The molecule has 1 amide bonds. The predicted octanol–water partition coefficient (Wildman–Crippen LogP) is 5.35. The molecular formula is C26H31ClIN3O2. The Balaban J connectivity index is 1.91. The molecule has 0 spiro atoms. The lowest BCUT2D eigenvalue weighted by molar-refractivity contribution is -0.138. The average Bonchev–Trinajstić information content (AvgIpc) is 3.00. The van der Waals surface area contributed by atoms with E-state index in [1.807, 2.05) is 42.5 Å². The van der Waals surface area contributed by atoms with Gasteiger partial charge in [0.15, 0.2) is 6.29 Å². The number of benzene rings is 2. The van der Waals surface area contributed by atoms with Crippen molar-refractivity contribution < 1.29 is 9.59 Å². The Labute approximate surface area is 214 Å². The van der Waals surface area contributed by atoms with E-state index in [0.29, 0.717) is 17.5 Å². The number of hydrogen-bond donors (Lipinski definition) is 2. The summed E-state index contributed by atoms with van der Waals surface area (Å²) in [6.07, 6.45) is 4.07. The number of halogens is 2. The van der Waals surface area contributed by atoms with Crippen LogP contribution in [0.1, 0.15) is 51.2 Å². The summed E-state index contributed by atoms with van der Waals surface area (Å²) in [5.74, 6) is 0.127. The third-order valence-corrected chi connectivity index (χ3v) is 8.09. The van der Waals surface area contributed by atoms with Crippen molar-refractivity contribution in [3.05, 3.63) is 62.2 Å². The maximum absolute atomic E-state index is 14.0. The lowest BCUT2D eigenvalue weighted by atomic mass is 9.80. The lowest BCUT2D eigenvalue weighted by Crippen LogP contribution is -2.66. The number of hydrogen-bond acceptors (Lipinski definition) is 4. The zero-order chi connectivity index (χ0) is 23.8. The minimum atomic E-state index is -1.05. The fourth-order valence-corrected chi connectivity index (χ4v) is 5.66. The second-order valence-corrected chi connectivity index (χ2v) is 11.3. The zero-order valence-electron chi connectivity index (χ0n) is 19.3. The molecule has 176 valence electrons. The molecule has 1 heterocycles. The molecule has 33 heavy (non-hydrogen) atoms. The van der Waals surface area contributed by atoms with E-state index in [0.717, 1.165) is 39.5 Å². The Hall–Kier alpha value is -1.48. The van der Waals surface area contributed by atoms with E-state index in [-0.39, 0.29) is 17.9 Å². The number of carbonyl (C=O) groups is 2. The normalized spacial score (nSPS) is 22.1. The molecule has 2 aromatic carbocycles. The van der Waals surface area contributed by atoms with E-state index in [2.05, 4.69) is 58.9 Å². The predicted molar refractivity (Wildman–Crippen MR) is 141 cm³/mol. The van der Waals surface area contributed by atoms with Gasteiger partial charge in [0, 0.05) is 38.3 Å². The molecule has 0 saturated heterocycles. The number of fused-ring (bicyclic) bond motifs is 1. The van der Waals surface area contributed by atoms with Gasteiger partial charge in [-0.15, -0.1) is 0 Å². The van der Waals surface area contributed by atoms with Crippen LogP contribution in [0.5, 0.6) is 0 Å². The summed E-state index contributed by atoms with van der Waals surface area (Å²) in [5.41, 5.74) is 1.63. The van der Waals surface area contributed by atoms with E-state index < -0.39 is 11.7 Å². The average molecular weight is 580 g/mol. The van der Waals surface area contributed by atoms with Gasteiger partial charge < -0.3 is 10.1 Å². The number of carbonyl (C=O) groups excluding carboxylic acids is 2. The van der Waals surface area contributed by atoms with Crippen LogP contribution in [-0.2, 0) is 21.5 Å². The van der Waals surface area contributed by atoms with Gasteiger partial charge in [-0.1, -0.05) is 50.1 Å². The molecule has 1 fully saturated rings. The number of nitrogens with one attached hydrogen (secondary N) is 2. The van der Waals surface area contributed by atoms with E-state index in [1.165, 1.54) is 6.42 Å². The molecule has 0 radical (unpaired) electrons. The van der Waals surface area contributed by atoms with Crippen molar-refractivity contribution in [1.82, 2.24) is 10.2 Å². The first kappa shape index (κ1) is 24.6. The van der Waals surface area contributed by atoms with Crippen LogP contribution in [0.3, 0.4) is 0 Å². The van der Waals surface area contributed by atoms with Gasteiger partial charge in [-0.3, -0.25) is 15.0 Å². The number of nitrogens with zero attached hydrogens (tertiary/aromatic N) is 1.